The van der Waals surface area contributed by atoms with Crippen molar-refractivity contribution < 1.29 is 9.53 Å². The van der Waals surface area contributed by atoms with Crippen LogP contribution in [0.1, 0.15) is 15.9 Å². The quantitative estimate of drug-likeness (QED) is 0.862. The summed E-state index contributed by atoms with van der Waals surface area (Å²) < 4.78 is 5.37. The van der Waals surface area contributed by atoms with E-state index in [4.69, 9.17) is 4.74 Å². The van der Waals surface area contributed by atoms with Gasteiger partial charge in [-0.3, -0.25) is 9.69 Å². The number of hydrogen-bond acceptors (Lipinski definition) is 5. The number of nitrogens with zero attached hydrogens (tertiary/aromatic N) is 3. The first-order valence-corrected chi connectivity index (χ1v) is 8.95. The summed E-state index contributed by atoms with van der Waals surface area (Å²) in [4.78, 5) is 21.0. The maximum Gasteiger partial charge on any atom is 0.255 e. The van der Waals surface area contributed by atoms with Crippen LogP contribution in [0.5, 0.6) is 0 Å². The molecule has 1 saturated heterocycles. The molecule has 1 N–H and O–H groups in total. The van der Waals surface area contributed by atoms with E-state index < -0.39 is 0 Å². The fourth-order valence-electron chi connectivity index (χ4n) is 2.87. The Morgan fingerprint density at radius 2 is 1.92 bits per heavy atom. The summed E-state index contributed by atoms with van der Waals surface area (Å²) in [6.07, 6.45) is 2.66. The van der Waals surface area contributed by atoms with Crippen molar-refractivity contribution in [2.75, 3.05) is 57.2 Å². The van der Waals surface area contributed by atoms with Crippen molar-refractivity contribution in [2.24, 2.45) is 0 Å². The third-order valence-corrected chi connectivity index (χ3v) is 4.50. The Morgan fingerprint density at radius 1 is 1.19 bits per heavy atom. The third-order valence-electron chi connectivity index (χ3n) is 4.50. The fraction of sp³-hybridized carbons (Fsp3) is 0.400. The second-order valence-corrected chi connectivity index (χ2v) is 6.65. The third kappa shape index (κ3) is 5.03. The van der Waals surface area contributed by atoms with E-state index in [0.717, 1.165) is 50.8 Å². The molecule has 1 aromatic heterocycles. The first-order valence-electron chi connectivity index (χ1n) is 8.95. The molecule has 138 valence electrons. The largest absolute Gasteiger partial charge is 0.379 e. The number of anilines is 2. The van der Waals surface area contributed by atoms with Gasteiger partial charge in [0.1, 0.15) is 5.82 Å². The van der Waals surface area contributed by atoms with Gasteiger partial charge < -0.3 is 15.0 Å². The highest BCUT2D eigenvalue weighted by Crippen LogP contribution is 2.14. The van der Waals surface area contributed by atoms with Gasteiger partial charge in [0.2, 0.25) is 0 Å². The molecule has 0 spiro atoms. The number of ether oxygens (including phenoxy) is 1. The van der Waals surface area contributed by atoms with Crippen molar-refractivity contribution in [1.29, 1.82) is 0 Å². The average molecular weight is 354 g/mol. The predicted octanol–water partition coefficient (Wildman–Crippen LogP) is 2.27. The van der Waals surface area contributed by atoms with Crippen LogP contribution in [-0.4, -0.2) is 62.7 Å². The van der Waals surface area contributed by atoms with Gasteiger partial charge >= 0.3 is 0 Å². The molecule has 1 amide bonds. The highest BCUT2D eigenvalue weighted by Gasteiger charge is 2.11. The maximum absolute atomic E-state index is 12.4. The number of benzene rings is 1. The van der Waals surface area contributed by atoms with Crippen LogP contribution in [0.15, 0.2) is 42.6 Å². The molecule has 0 saturated carbocycles. The number of pyridine rings is 1. The molecule has 1 fully saturated rings. The summed E-state index contributed by atoms with van der Waals surface area (Å²) in [7, 11) is 3.80. The number of aromatic nitrogens is 1. The lowest BCUT2D eigenvalue weighted by Crippen LogP contribution is -2.37. The lowest BCUT2D eigenvalue weighted by atomic mass is 10.1. The minimum absolute atomic E-state index is 0.128. The minimum atomic E-state index is -0.128. The number of morpholine rings is 1. The van der Waals surface area contributed by atoms with Gasteiger partial charge in [-0.05, 0) is 36.2 Å². The second-order valence-electron chi connectivity index (χ2n) is 6.65. The predicted molar refractivity (Wildman–Crippen MR) is 104 cm³/mol. The van der Waals surface area contributed by atoms with E-state index in [0.29, 0.717) is 5.56 Å². The van der Waals surface area contributed by atoms with E-state index in [2.05, 4.69) is 27.3 Å². The molecule has 6 nitrogen and oxygen atoms in total. The van der Waals surface area contributed by atoms with Gasteiger partial charge in [-0.25, -0.2) is 4.98 Å². The van der Waals surface area contributed by atoms with Crippen molar-refractivity contribution in [3.63, 3.8) is 0 Å². The zero-order valence-corrected chi connectivity index (χ0v) is 15.4. The molecular formula is C20H26N4O2. The molecule has 0 unspecified atom stereocenters. The molecule has 1 aliphatic heterocycles. The van der Waals surface area contributed by atoms with Gasteiger partial charge in [-0.2, -0.15) is 0 Å². The summed E-state index contributed by atoms with van der Waals surface area (Å²) in [5.41, 5.74) is 2.67. The Labute approximate surface area is 154 Å². The average Bonchev–Trinajstić information content (AvgIpc) is 2.68. The molecule has 1 aromatic carbocycles. The van der Waals surface area contributed by atoms with Crippen LogP contribution >= 0.6 is 0 Å². The van der Waals surface area contributed by atoms with Crippen LogP contribution in [0.25, 0.3) is 0 Å². The Kier molecular flexibility index (Phi) is 6.20. The molecule has 1 aliphatic rings. The minimum Gasteiger partial charge on any atom is -0.379 e. The molecule has 6 heteroatoms. The normalized spacial score (nSPS) is 14.8. The van der Waals surface area contributed by atoms with Crippen LogP contribution in [0.2, 0.25) is 0 Å². The van der Waals surface area contributed by atoms with E-state index >= 15 is 0 Å². The second kappa shape index (κ2) is 8.78. The van der Waals surface area contributed by atoms with Crippen molar-refractivity contribution in [3.05, 3.63) is 53.7 Å². The van der Waals surface area contributed by atoms with Gasteiger partial charge in [0, 0.05) is 51.2 Å². The highest BCUT2D eigenvalue weighted by atomic mass is 16.5. The number of hydrogen-bond donors (Lipinski definition) is 1. The number of rotatable bonds is 6. The monoisotopic (exact) mass is 354 g/mol. The molecule has 0 bridgehead atoms. The molecule has 3 rings (SSSR count). The SMILES string of the molecule is CN(C)c1cc(C(=O)Nc2ccc(CCN3CCOCC3)cc2)ccn1. The lowest BCUT2D eigenvalue weighted by Gasteiger charge is -2.26. The summed E-state index contributed by atoms with van der Waals surface area (Å²) >= 11 is 0. The van der Waals surface area contributed by atoms with E-state index in [1.165, 1.54) is 5.56 Å². The van der Waals surface area contributed by atoms with E-state index in [-0.39, 0.29) is 5.91 Å². The number of nitrogens with one attached hydrogen (secondary N) is 1. The van der Waals surface area contributed by atoms with Crippen LogP contribution in [-0.2, 0) is 11.2 Å². The molecule has 0 atom stereocenters. The van der Waals surface area contributed by atoms with Crippen molar-refractivity contribution in [2.45, 2.75) is 6.42 Å². The molecule has 0 radical (unpaired) electrons. The number of carbonyl (C=O) groups excluding carboxylic acids is 1. The van der Waals surface area contributed by atoms with E-state index in [1.54, 1.807) is 18.3 Å². The smallest absolute Gasteiger partial charge is 0.255 e. The van der Waals surface area contributed by atoms with Crippen LogP contribution < -0.4 is 10.2 Å². The Hall–Kier alpha value is -2.44. The van der Waals surface area contributed by atoms with Gasteiger partial charge in [0.05, 0.1) is 13.2 Å². The Morgan fingerprint density at radius 3 is 2.62 bits per heavy atom. The first kappa shape index (κ1) is 18.4. The Balaban J connectivity index is 1.55. The van der Waals surface area contributed by atoms with Crippen LogP contribution in [0, 0.1) is 0 Å². The topological polar surface area (TPSA) is 57.7 Å². The summed E-state index contributed by atoms with van der Waals surface area (Å²) in [5.74, 6) is 0.632. The summed E-state index contributed by atoms with van der Waals surface area (Å²) in [6, 6.07) is 11.6. The number of carbonyl (C=O) groups is 1. The fourth-order valence-corrected chi connectivity index (χ4v) is 2.87. The first-order chi connectivity index (χ1) is 12.6. The summed E-state index contributed by atoms with van der Waals surface area (Å²) in [6.45, 7) is 4.72. The molecule has 0 aliphatic carbocycles. The highest BCUT2D eigenvalue weighted by molar-refractivity contribution is 6.04. The standard InChI is InChI=1S/C20H26N4O2/c1-23(2)19-15-17(7-9-21-19)20(25)22-18-5-3-16(4-6-18)8-10-24-11-13-26-14-12-24/h3-7,9,15H,8,10-14H2,1-2H3,(H,22,25). The maximum atomic E-state index is 12.4. The summed E-state index contributed by atoms with van der Waals surface area (Å²) in [5, 5.41) is 2.94. The van der Waals surface area contributed by atoms with Gasteiger partial charge in [-0.1, -0.05) is 12.1 Å². The Bertz CT molecular complexity index is 725. The van der Waals surface area contributed by atoms with E-state index in [9.17, 15) is 4.79 Å². The molecule has 2 heterocycles. The van der Waals surface area contributed by atoms with E-state index in [1.807, 2.05) is 31.1 Å². The van der Waals surface area contributed by atoms with Crippen LogP contribution in [0.3, 0.4) is 0 Å². The van der Waals surface area contributed by atoms with Crippen molar-refractivity contribution >= 4 is 17.4 Å². The van der Waals surface area contributed by atoms with Crippen molar-refractivity contribution in [3.8, 4) is 0 Å². The zero-order valence-electron chi connectivity index (χ0n) is 15.4. The molecule has 26 heavy (non-hydrogen) atoms. The van der Waals surface area contributed by atoms with Crippen LogP contribution in [0.4, 0.5) is 11.5 Å². The van der Waals surface area contributed by atoms with Crippen molar-refractivity contribution in [1.82, 2.24) is 9.88 Å². The van der Waals surface area contributed by atoms with Gasteiger partial charge in [-0.15, -0.1) is 0 Å². The molecule has 2 aromatic rings. The van der Waals surface area contributed by atoms with Gasteiger partial charge in [0.15, 0.2) is 0 Å². The lowest BCUT2D eigenvalue weighted by molar-refractivity contribution is 0.0384. The zero-order chi connectivity index (χ0) is 18.4. The molecular weight excluding hydrogens is 328 g/mol. The number of amides is 1. The van der Waals surface area contributed by atoms with Gasteiger partial charge in [0.25, 0.3) is 5.91 Å².